The number of hydrogen-bond acceptors (Lipinski definition) is 3. The van der Waals surface area contributed by atoms with E-state index >= 15 is 0 Å². The Kier molecular flexibility index (Phi) is 5.62. The fourth-order valence-corrected chi connectivity index (χ4v) is 3.25. The lowest BCUT2D eigenvalue weighted by atomic mass is 10.0. The maximum atomic E-state index is 14.2. The van der Waals surface area contributed by atoms with Gasteiger partial charge in [-0.2, -0.15) is 0 Å². The number of carbonyl (C=O) groups is 1. The first kappa shape index (κ1) is 19.5. The van der Waals surface area contributed by atoms with Crippen LogP contribution in [0.1, 0.15) is 37.5 Å². The molecule has 0 N–H and O–H groups in total. The Morgan fingerprint density at radius 2 is 1.72 bits per heavy atom. The van der Waals surface area contributed by atoms with Crippen molar-refractivity contribution in [3.63, 3.8) is 0 Å². The SMILES string of the molecule is CC=CC1C(C(=O)OCc2c(C)c(F)c(COC)c(F)c2F)C1(C)C. The molecule has 0 spiro atoms. The van der Waals surface area contributed by atoms with Crippen molar-refractivity contribution in [2.24, 2.45) is 17.3 Å². The Morgan fingerprint density at radius 1 is 1.12 bits per heavy atom. The van der Waals surface area contributed by atoms with Gasteiger partial charge >= 0.3 is 5.97 Å². The second kappa shape index (κ2) is 7.20. The van der Waals surface area contributed by atoms with Crippen LogP contribution in [0.3, 0.4) is 0 Å². The first-order valence-corrected chi connectivity index (χ1v) is 8.11. The molecule has 1 aromatic rings. The third-order valence-electron chi connectivity index (χ3n) is 4.98. The number of esters is 1. The summed E-state index contributed by atoms with van der Waals surface area (Å²) >= 11 is 0. The largest absolute Gasteiger partial charge is 0.460 e. The van der Waals surface area contributed by atoms with Crippen LogP contribution in [0.2, 0.25) is 0 Å². The van der Waals surface area contributed by atoms with Crippen molar-refractivity contribution in [1.29, 1.82) is 0 Å². The van der Waals surface area contributed by atoms with Gasteiger partial charge < -0.3 is 9.47 Å². The standard InChI is InChI=1S/C19H23F3O3/c1-6-7-13-14(19(13,3)4)18(23)25-9-11-10(2)15(20)12(8-24-5)17(22)16(11)21/h6-7,13-14H,8-9H2,1-5H3. The van der Waals surface area contributed by atoms with Crippen LogP contribution in [0.5, 0.6) is 0 Å². The maximum absolute atomic E-state index is 14.2. The van der Waals surface area contributed by atoms with E-state index in [2.05, 4.69) is 0 Å². The van der Waals surface area contributed by atoms with Crippen LogP contribution in [0.15, 0.2) is 12.2 Å². The van der Waals surface area contributed by atoms with Gasteiger partial charge in [-0.15, -0.1) is 0 Å². The number of carbonyl (C=O) groups excluding carboxylic acids is 1. The topological polar surface area (TPSA) is 35.5 Å². The highest BCUT2D eigenvalue weighted by Gasteiger charge is 2.61. The molecule has 3 nitrogen and oxygen atoms in total. The van der Waals surface area contributed by atoms with Crippen molar-refractivity contribution >= 4 is 5.97 Å². The van der Waals surface area contributed by atoms with E-state index in [1.165, 1.54) is 14.0 Å². The molecule has 1 aliphatic carbocycles. The van der Waals surface area contributed by atoms with Crippen LogP contribution >= 0.6 is 0 Å². The van der Waals surface area contributed by atoms with Gasteiger partial charge in [0.1, 0.15) is 12.4 Å². The Hall–Kier alpha value is -1.82. The lowest BCUT2D eigenvalue weighted by Gasteiger charge is -2.14. The quantitative estimate of drug-likeness (QED) is 0.429. The number of hydrogen-bond donors (Lipinski definition) is 0. The highest BCUT2D eigenvalue weighted by atomic mass is 19.2. The number of benzene rings is 1. The molecule has 0 aliphatic heterocycles. The number of allylic oxidation sites excluding steroid dienone is 2. The molecule has 0 aromatic heterocycles. The minimum absolute atomic E-state index is 0.0495. The molecule has 1 fully saturated rings. The first-order chi connectivity index (χ1) is 11.7. The summed E-state index contributed by atoms with van der Waals surface area (Å²) in [6.45, 7) is 6.18. The van der Waals surface area contributed by atoms with Crippen LogP contribution in [-0.2, 0) is 27.5 Å². The van der Waals surface area contributed by atoms with Crippen LogP contribution in [0.4, 0.5) is 13.2 Å². The molecule has 6 heteroatoms. The Bertz CT molecular complexity index is 681. The van der Waals surface area contributed by atoms with E-state index in [9.17, 15) is 18.0 Å². The van der Waals surface area contributed by atoms with Gasteiger partial charge in [-0.3, -0.25) is 4.79 Å². The van der Waals surface area contributed by atoms with Crippen LogP contribution < -0.4 is 0 Å². The molecule has 2 rings (SSSR count). The van der Waals surface area contributed by atoms with E-state index in [1.807, 2.05) is 32.9 Å². The smallest absolute Gasteiger partial charge is 0.310 e. The predicted molar refractivity (Wildman–Crippen MR) is 87.1 cm³/mol. The highest BCUT2D eigenvalue weighted by Crippen LogP contribution is 2.59. The molecule has 0 saturated heterocycles. The molecule has 1 aliphatic rings. The van der Waals surface area contributed by atoms with Crippen LogP contribution in [0.25, 0.3) is 0 Å². The lowest BCUT2D eigenvalue weighted by molar-refractivity contribution is -0.147. The summed E-state index contributed by atoms with van der Waals surface area (Å²) in [7, 11) is 1.26. The molecule has 2 unspecified atom stereocenters. The molecule has 0 amide bonds. The van der Waals surface area contributed by atoms with E-state index in [0.29, 0.717) is 0 Å². The maximum Gasteiger partial charge on any atom is 0.310 e. The van der Waals surface area contributed by atoms with Crippen molar-refractivity contribution in [2.45, 2.75) is 40.9 Å². The minimum atomic E-state index is -1.31. The van der Waals surface area contributed by atoms with Crippen molar-refractivity contribution in [2.75, 3.05) is 7.11 Å². The van der Waals surface area contributed by atoms with E-state index in [1.54, 1.807) is 0 Å². The number of rotatable bonds is 6. The second-order valence-corrected chi connectivity index (χ2v) is 6.92. The minimum Gasteiger partial charge on any atom is -0.460 e. The van der Waals surface area contributed by atoms with E-state index in [-0.39, 0.29) is 35.0 Å². The summed E-state index contributed by atoms with van der Waals surface area (Å²) < 4.78 is 52.4. The van der Waals surface area contributed by atoms with Gasteiger partial charge in [-0.05, 0) is 30.7 Å². The van der Waals surface area contributed by atoms with Crippen molar-refractivity contribution in [3.05, 3.63) is 46.3 Å². The van der Waals surface area contributed by atoms with Gasteiger partial charge in [-0.25, -0.2) is 13.2 Å². The Labute approximate surface area is 145 Å². The normalized spacial score (nSPS) is 21.6. The molecule has 1 aromatic carbocycles. The van der Waals surface area contributed by atoms with Crippen LogP contribution in [0, 0.1) is 41.6 Å². The molecule has 25 heavy (non-hydrogen) atoms. The summed E-state index contributed by atoms with van der Waals surface area (Å²) in [4.78, 5) is 12.3. The highest BCUT2D eigenvalue weighted by molar-refractivity contribution is 5.78. The first-order valence-electron chi connectivity index (χ1n) is 8.11. The third-order valence-corrected chi connectivity index (χ3v) is 4.98. The Balaban J connectivity index is 2.18. The average molecular weight is 356 g/mol. The summed E-state index contributed by atoms with van der Waals surface area (Å²) in [6, 6.07) is 0. The van der Waals surface area contributed by atoms with E-state index in [0.717, 1.165) is 0 Å². The number of methoxy groups -OCH3 is 1. The van der Waals surface area contributed by atoms with Gasteiger partial charge in [0.25, 0.3) is 0 Å². The lowest BCUT2D eigenvalue weighted by Crippen LogP contribution is -2.14. The number of ether oxygens (including phenoxy) is 2. The fraction of sp³-hybridized carbons (Fsp3) is 0.526. The molecule has 0 bridgehead atoms. The second-order valence-electron chi connectivity index (χ2n) is 6.92. The van der Waals surface area contributed by atoms with E-state index < -0.39 is 35.6 Å². The fourth-order valence-electron chi connectivity index (χ4n) is 3.25. The molecule has 138 valence electrons. The number of halogens is 3. The monoisotopic (exact) mass is 356 g/mol. The molecular formula is C19H23F3O3. The van der Waals surface area contributed by atoms with Gasteiger partial charge in [0.2, 0.25) is 0 Å². The summed E-state index contributed by atoms with van der Waals surface area (Å²) in [5.74, 6) is -4.18. The van der Waals surface area contributed by atoms with Crippen LogP contribution in [-0.4, -0.2) is 13.1 Å². The molecule has 2 atom stereocenters. The average Bonchev–Trinajstić information content (AvgIpc) is 3.10. The molecule has 1 saturated carbocycles. The van der Waals surface area contributed by atoms with Crippen molar-refractivity contribution in [3.8, 4) is 0 Å². The zero-order valence-corrected chi connectivity index (χ0v) is 15.1. The van der Waals surface area contributed by atoms with Gasteiger partial charge in [0, 0.05) is 12.7 Å². The summed E-state index contributed by atoms with van der Waals surface area (Å²) in [5, 5.41) is 0. The van der Waals surface area contributed by atoms with Gasteiger partial charge in [0.15, 0.2) is 11.6 Å². The molecule has 0 radical (unpaired) electrons. The summed E-state index contributed by atoms with van der Waals surface area (Å²) in [6.07, 6.45) is 3.79. The zero-order valence-electron chi connectivity index (χ0n) is 15.1. The molecular weight excluding hydrogens is 333 g/mol. The Morgan fingerprint density at radius 3 is 2.28 bits per heavy atom. The zero-order chi connectivity index (χ0) is 18.9. The van der Waals surface area contributed by atoms with Crippen molar-refractivity contribution < 1.29 is 27.4 Å². The molecule has 0 heterocycles. The predicted octanol–water partition coefficient (Wildman–Crippen LogP) is 4.45. The summed E-state index contributed by atoms with van der Waals surface area (Å²) in [5.41, 5.74) is -1.08. The van der Waals surface area contributed by atoms with E-state index in [4.69, 9.17) is 9.47 Å². The van der Waals surface area contributed by atoms with Gasteiger partial charge in [-0.1, -0.05) is 26.0 Å². The van der Waals surface area contributed by atoms with Gasteiger partial charge in [0.05, 0.1) is 18.1 Å². The third kappa shape index (κ3) is 3.45. The van der Waals surface area contributed by atoms with Crippen molar-refractivity contribution in [1.82, 2.24) is 0 Å².